The van der Waals surface area contributed by atoms with Crippen LogP contribution in [-0.4, -0.2) is 14.7 Å². The van der Waals surface area contributed by atoms with Crippen LogP contribution in [0.1, 0.15) is 5.69 Å². The van der Waals surface area contributed by atoms with E-state index >= 15 is 0 Å². The lowest BCUT2D eigenvalue weighted by Gasteiger charge is -2.07. The minimum atomic E-state index is 0.269. The average Bonchev–Trinajstić information content (AvgIpc) is 2.76. The Bertz CT molecular complexity index is 470. The summed E-state index contributed by atoms with van der Waals surface area (Å²) in [5.41, 5.74) is 2.55. The molecule has 0 aliphatic carbocycles. The van der Waals surface area contributed by atoms with Crippen LogP contribution in [0.5, 0.6) is 0 Å². The Hall–Kier alpha value is -1.46. The second-order valence-electron chi connectivity index (χ2n) is 3.79. The molecule has 0 spiro atoms. The topological polar surface area (TPSA) is 46.5 Å². The molecule has 82 valence electrons. The van der Waals surface area contributed by atoms with Gasteiger partial charge in [-0.15, -0.1) is 0 Å². The van der Waals surface area contributed by atoms with Crippen molar-refractivity contribution < 1.29 is 5.32 Å². The van der Waals surface area contributed by atoms with Gasteiger partial charge in [0, 0.05) is 6.07 Å². The first-order valence-electron chi connectivity index (χ1n) is 5.21. The summed E-state index contributed by atoms with van der Waals surface area (Å²) in [6.45, 7) is 2.00. The highest BCUT2D eigenvalue weighted by atomic mass is 32.2. The average molecular weight is 233 g/mol. The summed E-state index contributed by atoms with van der Waals surface area (Å²) in [6, 6.07) is 12.4. The van der Waals surface area contributed by atoms with Gasteiger partial charge in [0.2, 0.25) is 5.50 Å². The molecule has 1 aliphatic rings. The summed E-state index contributed by atoms with van der Waals surface area (Å²) < 4.78 is 1.94. The quantitative estimate of drug-likeness (QED) is 0.768. The Morgan fingerprint density at radius 1 is 1.38 bits per heavy atom. The van der Waals surface area contributed by atoms with Crippen LogP contribution in [0, 0.1) is 6.92 Å². The second kappa shape index (κ2) is 3.84. The van der Waals surface area contributed by atoms with E-state index in [9.17, 15) is 0 Å². The summed E-state index contributed by atoms with van der Waals surface area (Å²) >= 11 is 1.69. The van der Waals surface area contributed by atoms with Crippen molar-refractivity contribution in [3.8, 4) is 0 Å². The molecule has 0 saturated heterocycles. The van der Waals surface area contributed by atoms with Crippen molar-refractivity contribution in [1.29, 1.82) is 0 Å². The SMILES string of the molecule is Cc1cc2n(n1)S[C@H]([NH2+]c1ccccc1)N2. The molecule has 1 atom stereocenters. The third-order valence-corrected chi connectivity index (χ3v) is 3.41. The summed E-state index contributed by atoms with van der Waals surface area (Å²) in [6.07, 6.45) is 0. The van der Waals surface area contributed by atoms with Crippen molar-refractivity contribution in [1.82, 2.24) is 9.19 Å². The number of nitrogens with zero attached hydrogens (tertiary/aromatic N) is 2. The maximum absolute atomic E-state index is 4.38. The van der Waals surface area contributed by atoms with Crippen LogP contribution in [-0.2, 0) is 0 Å². The number of aryl methyl sites for hydroxylation is 1. The van der Waals surface area contributed by atoms with Crippen molar-refractivity contribution in [3.63, 3.8) is 0 Å². The Labute approximate surface area is 98.2 Å². The van der Waals surface area contributed by atoms with Crippen LogP contribution in [0.25, 0.3) is 0 Å². The Balaban J connectivity index is 1.70. The Morgan fingerprint density at radius 3 is 2.94 bits per heavy atom. The smallest absolute Gasteiger partial charge is 0.234 e. The number of aromatic nitrogens is 2. The van der Waals surface area contributed by atoms with Gasteiger partial charge in [0.15, 0.2) is 0 Å². The molecule has 0 bridgehead atoms. The van der Waals surface area contributed by atoms with Crippen molar-refractivity contribution in [2.45, 2.75) is 12.4 Å². The molecule has 0 radical (unpaired) electrons. The normalized spacial score (nSPS) is 18.2. The first-order chi connectivity index (χ1) is 7.81. The summed E-state index contributed by atoms with van der Waals surface area (Å²) in [5.74, 6) is 1.08. The number of nitrogens with one attached hydrogen (secondary N) is 1. The number of nitrogens with two attached hydrogens (primary N) is 1. The molecule has 0 unspecified atom stereocenters. The summed E-state index contributed by atoms with van der Waals surface area (Å²) in [4.78, 5) is 0. The molecule has 0 saturated carbocycles. The Morgan fingerprint density at radius 2 is 2.19 bits per heavy atom. The number of quaternary nitrogens is 1. The van der Waals surface area contributed by atoms with Crippen LogP contribution in [0.4, 0.5) is 11.5 Å². The monoisotopic (exact) mass is 233 g/mol. The summed E-state index contributed by atoms with van der Waals surface area (Å²) in [7, 11) is 0. The number of hydrogen-bond acceptors (Lipinski definition) is 3. The third-order valence-electron chi connectivity index (χ3n) is 2.45. The number of fused-ring (bicyclic) bond motifs is 1. The fourth-order valence-corrected chi connectivity index (χ4v) is 2.75. The van der Waals surface area contributed by atoms with Gasteiger partial charge < -0.3 is 5.32 Å². The van der Waals surface area contributed by atoms with E-state index in [2.05, 4.69) is 33.9 Å². The molecule has 4 nitrogen and oxygen atoms in total. The van der Waals surface area contributed by atoms with E-state index in [0.717, 1.165) is 11.5 Å². The molecule has 16 heavy (non-hydrogen) atoms. The van der Waals surface area contributed by atoms with Crippen molar-refractivity contribution in [2.75, 3.05) is 5.32 Å². The van der Waals surface area contributed by atoms with Gasteiger partial charge >= 0.3 is 0 Å². The lowest BCUT2D eigenvalue weighted by Crippen LogP contribution is -2.85. The number of rotatable bonds is 2. The minimum absolute atomic E-state index is 0.269. The molecular weight excluding hydrogens is 220 g/mol. The van der Waals surface area contributed by atoms with Gasteiger partial charge in [-0.2, -0.15) is 9.19 Å². The largest absolute Gasteiger partial charge is 0.310 e. The van der Waals surface area contributed by atoms with E-state index in [1.165, 1.54) is 5.69 Å². The van der Waals surface area contributed by atoms with Crippen molar-refractivity contribution >= 4 is 23.5 Å². The molecule has 3 rings (SSSR count). The highest BCUT2D eigenvalue weighted by molar-refractivity contribution is 7.98. The maximum Gasteiger partial charge on any atom is 0.234 e. The van der Waals surface area contributed by atoms with Crippen LogP contribution >= 0.6 is 11.9 Å². The van der Waals surface area contributed by atoms with Crippen LogP contribution in [0.15, 0.2) is 36.4 Å². The zero-order valence-corrected chi connectivity index (χ0v) is 9.74. The van der Waals surface area contributed by atoms with Gasteiger partial charge in [0.05, 0.1) is 17.6 Å². The molecule has 3 N–H and O–H groups in total. The second-order valence-corrected chi connectivity index (χ2v) is 4.86. The highest BCUT2D eigenvalue weighted by Gasteiger charge is 2.25. The van der Waals surface area contributed by atoms with Gasteiger partial charge in [0.25, 0.3) is 0 Å². The Kier molecular flexibility index (Phi) is 2.34. The molecule has 5 heteroatoms. The van der Waals surface area contributed by atoms with E-state index in [1.54, 1.807) is 11.9 Å². The van der Waals surface area contributed by atoms with E-state index in [-0.39, 0.29) is 5.50 Å². The van der Waals surface area contributed by atoms with E-state index in [4.69, 9.17) is 0 Å². The molecule has 1 aromatic carbocycles. The third kappa shape index (κ3) is 1.79. The first-order valence-corrected chi connectivity index (χ1v) is 6.05. The lowest BCUT2D eigenvalue weighted by atomic mass is 10.3. The van der Waals surface area contributed by atoms with Crippen LogP contribution < -0.4 is 10.6 Å². The highest BCUT2D eigenvalue weighted by Crippen LogP contribution is 2.26. The van der Waals surface area contributed by atoms with Crippen molar-refractivity contribution in [3.05, 3.63) is 42.1 Å². The lowest BCUT2D eigenvalue weighted by molar-refractivity contribution is -0.579. The van der Waals surface area contributed by atoms with Gasteiger partial charge in [0.1, 0.15) is 11.5 Å². The summed E-state index contributed by atoms with van der Waals surface area (Å²) in [5, 5.41) is 9.99. The van der Waals surface area contributed by atoms with Crippen LogP contribution in [0.3, 0.4) is 0 Å². The first kappa shape index (κ1) is 9.74. The molecule has 2 aromatic rings. The van der Waals surface area contributed by atoms with Crippen molar-refractivity contribution in [2.24, 2.45) is 0 Å². The van der Waals surface area contributed by atoms with Crippen LogP contribution in [0.2, 0.25) is 0 Å². The number of hydrogen-bond donors (Lipinski definition) is 2. The van der Waals surface area contributed by atoms with E-state index in [0.29, 0.717) is 0 Å². The molecular formula is C11H13N4S+. The molecule has 1 aromatic heterocycles. The standard InChI is InChI=1S/C11H12N4S/c1-8-7-10-13-11(16-15(10)14-8)12-9-5-3-2-4-6-9/h2-7,11-13H,1H3/p+1/t11-/m1/s1. The fraction of sp³-hybridized carbons (Fsp3) is 0.182. The van der Waals surface area contributed by atoms with Gasteiger partial charge in [-0.05, 0) is 19.1 Å². The molecule has 0 fully saturated rings. The number of anilines is 1. The van der Waals surface area contributed by atoms with Gasteiger partial charge in [-0.1, -0.05) is 18.2 Å². The zero-order valence-electron chi connectivity index (χ0n) is 8.92. The molecule has 1 aliphatic heterocycles. The zero-order chi connectivity index (χ0) is 11.0. The number of para-hydroxylation sites is 1. The minimum Gasteiger partial charge on any atom is -0.310 e. The maximum atomic E-state index is 4.38. The number of benzene rings is 1. The fourth-order valence-electron chi connectivity index (χ4n) is 1.75. The molecule has 0 amide bonds. The van der Waals surface area contributed by atoms with E-state index in [1.807, 2.05) is 29.2 Å². The predicted molar refractivity (Wildman–Crippen MR) is 65.4 cm³/mol. The van der Waals surface area contributed by atoms with E-state index < -0.39 is 0 Å². The van der Waals surface area contributed by atoms with Gasteiger partial charge in [-0.3, -0.25) is 5.32 Å². The van der Waals surface area contributed by atoms with Gasteiger partial charge in [-0.25, -0.2) is 0 Å². The predicted octanol–water partition coefficient (Wildman–Crippen LogP) is 1.29. The molecule has 2 heterocycles.